The number of aryl methyl sites for hydroxylation is 1. The number of hydrogen-bond acceptors (Lipinski definition) is 6. The first-order chi connectivity index (χ1) is 10.9. The third-order valence-corrected chi connectivity index (χ3v) is 5.66. The number of hydrogen-bond donors (Lipinski definition) is 3. The van der Waals surface area contributed by atoms with Gasteiger partial charge < -0.3 is 15.1 Å². The number of carbonyl (C=O) groups is 2. The van der Waals surface area contributed by atoms with Gasteiger partial charge in [0.05, 0.1) is 18.1 Å². The Morgan fingerprint density at radius 2 is 2.30 bits per heavy atom. The van der Waals surface area contributed by atoms with Crippen LogP contribution in [0.5, 0.6) is 0 Å². The molecule has 0 bridgehead atoms. The molecular formula is C14H18N4O4S. The van der Waals surface area contributed by atoms with E-state index >= 15 is 0 Å². The van der Waals surface area contributed by atoms with E-state index in [2.05, 4.69) is 15.2 Å². The Morgan fingerprint density at radius 1 is 1.57 bits per heavy atom. The molecule has 2 aliphatic rings. The molecule has 1 fully saturated rings. The second-order valence-electron chi connectivity index (χ2n) is 5.80. The van der Waals surface area contributed by atoms with E-state index in [-0.39, 0.29) is 23.6 Å². The number of H-pyrrole nitrogens is 1. The lowest BCUT2D eigenvalue weighted by molar-refractivity contribution is -0.163. The molecule has 3 N–H and O–H groups in total. The Bertz CT molecular complexity index is 658. The molecule has 124 valence electrons. The number of aliphatic carboxylic acids is 1. The van der Waals surface area contributed by atoms with Crippen LogP contribution in [-0.2, 0) is 16.0 Å². The highest BCUT2D eigenvalue weighted by Crippen LogP contribution is 2.50. The molecule has 9 heteroatoms. The topological polar surface area (TPSA) is 119 Å². The Morgan fingerprint density at radius 3 is 2.87 bits per heavy atom. The fourth-order valence-electron chi connectivity index (χ4n) is 3.32. The van der Waals surface area contributed by atoms with Gasteiger partial charge in [-0.3, -0.25) is 9.89 Å². The second kappa shape index (κ2) is 5.97. The minimum Gasteiger partial charge on any atom is -0.477 e. The van der Waals surface area contributed by atoms with Crippen molar-refractivity contribution in [3.63, 3.8) is 0 Å². The van der Waals surface area contributed by atoms with Crippen LogP contribution >= 0.6 is 11.8 Å². The zero-order valence-corrected chi connectivity index (χ0v) is 13.6. The normalized spacial score (nSPS) is 27.9. The summed E-state index contributed by atoms with van der Waals surface area (Å²) in [5.41, 5.74) is 0.0620. The maximum absolute atomic E-state index is 12.2. The van der Waals surface area contributed by atoms with Crippen molar-refractivity contribution in [2.45, 2.75) is 32.4 Å². The molecule has 3 heterocycles. The number of amides is 1. The van der Waals surface area contributed by atoms with Gasteiger partial charge in [0.1, 0.15) is 17.8 Å². The van der Waals surface area contributed by atoms with E-state index in [1.165, 1.54) is 23.0 Å². The molecule has 8 nitrogen and oxygen atoms in total. The van der Waals surface area contributed by atoms with Crippen molar-refractivity contribution < 1.29 is 19.8 Å². The van der Waals surface area contributed by atoms with Crippen molar-refractivity contribution in [3.8, 4) is 0 Å². The van der Waals surface area contributed by atoms with E-state index in [1.807, 2.05) is 6.92 Å². The van der Waals surface area contributed by atoms with Crippen molar-refractivity contribution >= 4 is 23.6 Å². The number of thioether (sulfide) groups is 1. The van der Waals surface area contributed by atoms with Crippen LogP contribution in [0.25, 0.3) is 0 Å². The minimum atomic E-state index is -1.10. The van der Waals surface area contributed by atoms with Crippen LogP contribution in [-0.4, -0.2) is 60.1 Å². The number of aliphatic hydroxyl groups excluding tert-OH is 1. The number of fused-ring (bicyclic) bond motifs is 1. The standard InChI is InChI=1S/C14H18N4O4S/c1-6-10-9(7(2)19)13(20)18(10)11(14(21)22)12(6)23-4-3-8-15-5-16-17-8/h5-7,9-10,19H,3-4H2,1-2H3,(H,21,22)(H,15,16,17)/t6-,7-,9-,10-/m1/s1. The summed E-state index contributed by atoms with van der Waals surface area (Å²) in [4.78, 5) is 29.9. The molecule has 3 rings (SSSR count). The first-order valence-electron chi connectivity index (χ1n) is 7.39. The highest BCUT2D eigenvalue weighted by molar-refractivity contribution is 8.03. The Hall–Kier alpha value is -1.87. The zero-order chi connectivity index (χ0) is 16.7. The van der Waals surface area contributed by atoms with Crippen LogP contribution in [0.2, 0.25) is 0 Å². The van der Waals surface area contributed by atoms with Gasteiger partial charge in [-0.15, -0.1) is 11.8 Å². The number of aliphatic hydroxyl groups is 1. The number of nitrogens with one attached hydrogen (secondary N) is 1. The number of nitrogens with zero attached hydrogens (tertiary/aromatic N) is 3. The quantitative estimate of drug-likeness (QED) is 0.635. The van der Waals surface area contributed by atoms with E-state index in [9.17, 15) is 19.8 Å². The molecule has 1 saturated heterocycles. The van der Waals surface area contributed by atoms with Crippen LogP contribution in [0, 0.1) is 11.8 Å². The van der Waals surface area contributed by atoms with Gasteiger partial charge in [0, 0.05) is 23.0 Å². The lowest BCUT2D eigenvalue weighted by Crippen LogP contribution is -2.63. The zero-order valence-electron chi connectivity index (χ0n) is 12.8. The van der Waals surface area contributed by atoms with Crippen LogP contribution < -0.4 is 0 Å². The monoisotopic (exact) mass is 338 g/mol. The number of carbonyl (C=O) groups excluding carboxylic acids is 1. The average molecular weight is 338 g/mol. The molecule has 0 radical (unpaired) electrons. The summed E-state index contributed by atoms with van der Waals surface area (Å²) in [6.07, 6.45) is 1.28. The number of β-lactam (4-membered cyclic amide) rings is 1. The number of carboxylic acid groups (broad SMARTS) is 1. The van der Waals surface area contributed by atoms with Crippen molar-refractivity contribution in [2.75, 3.05) is 5.75 Å². The summed E-state index contributed by atoms with van der Waals surface area (Å²) < 4.78 is 0. The van der Waals surface area contributed by atoms with Crippen molar-refractivity contribution in [3.05, 3.63) is 22.8 Å². The van der Waals surface area contributed by atoms with Gasteiger partial charge in [0.15, 0.2) is 0 Å². The van der Waals surface area contributed by atoms with Gasteiger partial charge in [0.25, 0.3) is 0 Å². The molecular weight excluding hydrogens is 320 g/mol. The van der Waals surface area contributed by atoms with E-state index < -0.39 is 18.0 Å². The summed E-state index contributed by atoms with van der Waals surface area (Å²) in [6, 6.07) is -0.263. The van der Waals surface area contributed by atoms with Gasteiger partial charge in [-0.2, -0.15) is 5.10 Å². The first-order valence-corrected chi connectivity index (χ1v) is 8.37. The van der Waals surface area contributed by atoms with Crippen molar-refractivity contribution in [1.82, 2.24) is 20.1 Å². The average Bonchev–Trinajstić information content (AvgIpc) is 3.05. The summed E-state index contributed by atoms with van der Waals surface area (Å²) in [6.45, 7) is 3.48. The second-order valence-corrected chi connectivity index (χ2v) is 6.94. The van der Waals surface area contributed by atoms with Crippen LogP contribution in [0.4, 0.5) is 0 Å². The summed E-state index contributed by atoms with van der Waals surface area (Å²) in [7, 11) is 0. The summed E-state index contributed by atoms with van der Waals surface area (Å²) in [5, 5.41) is 25.8. The minimum absolute atomic E-state index is 0.0620. The van der Waals surface area contributed by atoms with Crippen molar-refractivity contribution in [1.29, 1.82) is 0 Å². The number of carboxylic acids is 1. The summed E-state index contributed by atoms with van der Waals surface area (Å²) >= 11 is 1.43. The van der Waals surface area contributed by atoms with E-state index in [0.29, 0.717) is 17.1 Å². The molecule has 1 aromatic rings. The third-order valence-electron chi connectivity index (χ3n) is 4.37. The predicted molar refractivity (Wildman–Crippen MR) is 82.2 cm³/mol. The largest absolute Gasteiger partial charge is 0.477 e. The molecule has 0 aromatic carbocycles. The third kappa shape index (κ3) is 2.53. The fourth-order valence-corrected chi connectivity index (χ4v) is 4.56. The number of rotatable bonds is 6. The van der Waals surface area contributed by atoms with Gasteiger partial charge in [-0.1, -0.05) is 6.92 Å². The highest BCUT2D eigenvalue weighted by atomic mass is 32.2. The smallest absolute Gasteiger partial charge is 0.353 e. The Balaban J connectivity index is 1.77. The predicted octanol–water partition coefficient (Wildman–Crippen LogP) is 0.234. The van der Waals surface area contributed by atoms with Crippen LogP contribution in [0.15, 0.2) is 16.9 Å². The van der Waals surface area contributed by atoms with Gasteiger partial charge >= 0.3 is 5.97 Å². The molecule has 1 aromatic heterocycles. The van der Waals surface area contributed by atoms with Crippen molar-refractivity contribution in [2.24, 2.45) is 11.8 Å². The molecule has 0 spiro atoms. The number of aromatic amines is 1. The first kappa shape index (κ1) is 16.0. The molecule has 4 atom stereocenters. The molecule has 0 aliphatic carbocycles. The SMILES string of the molecule is C[C@@H](O)[C@H]1C(=O)N2C(C(=O)O)=C(SCCc3ncn[nH]3)[C@H](C)[C@H]12. The van der Waals surface area contributed by atoms with Gasteiger partial charge in [-0.25, -0.2) is 9.78 Å². The van der Waals surface area contributed by atoms with Gasteiger partial charge in [-0.05, 0) is 6.92 Å². The molecule has 2 aliphatic heterocycles. The van der Waals surface area contributed by atoms with Gasteiger partial charge in [0.2, 0.25) is 5.91 Å². The molecule has 1 amide bonds. The van der Waals surface area contributed by atoms with E-state index in [4.69, 9.17) is 0 Å². The molecule has 0 unspecified atom stereocenters. The van der Waals surface area contributed by atoms with E-state index in [0.717, 1.165) is 5.82 Å². The lowest BCUT2D eigenvalue weighted by atomic mass is 9.79. The summed E-state index contributed by atoms with van der Waals surface area (Å²) in [5.74, 6) is -0.648. The molecule has 23 heavy (non-hydrogen) atoms. The maximum atomic E-state index is 12.2. The Labute approximate surface area is 137 Å². The van der Waals surface area contributed by atoms with E-state index in [1.54, 1.807) is 6.92 Å². The fraction of sp³-hybridized carbons (Fsp3) is 0.571. The molecule has 0 saturated carbocycles. The Kier molecular flexibility index (Phi) is 4.15. The highest BCUT2D eigenvalue weighted by Gasteiger charge is 2.59. The number of aromatic nitrogens is 3. The maximum Gasteiger partial charge on any atom is 0.353 e. The van der Waals surface area contributed by atoms with Crippen LogP contribution in [0.3, 0.4) is 0 Å². The lowest BCUT2D eigenvalue weighted by Gasteiger charge is -2.46. The van der Waals surface area contributed by atoms with Crippen LogP contribution in [0.1, 0.15) is 19.7 Å².